The van der Waals surface area contributed by atoms with Crippen molar-refractivity contribution in [3.63, 3.8) is 0 Å². The van der Waals surface area contributed by atoms with Crippen molar-refractivity contribution in [3.05, 3.63) is 6.42 Å². The first kappa shape index (κ1) is 3.85. The van der Waals surface area contributed by atoms with E-state index >= 15 is 0 Å². The number of nitrogens with zero attached hydrogens (tertiary/aromatic N) is 1. The molecule has 0 aromatic carbocycles. The molecule has 0 bridgehead atoms. The van der Waals surface area contributed by atoms with Crippen molar-refractivity contribution in [1.29, 1.82) is 0 Å². The molecule has 1 heteroatoms. The predicted molar refractivity (Wildman–Crippen MR) is 26.9 cm³/mol. The molecule has 1 aliphatic heterocycles. The van der Waals surface area contributed by atoms with Gasteiger partial charge in [-0.05, 0) is 25.5 Å². The summed E-state index contributed by atoms with van der Waals surface area (Å²) >= 11 is 0. The lowest BCUT2D eigenvalue weighted by atomic mass is 10.2. The second-order valence-electron chi connectivity index (χ2n) is 1.40. The van der Waals surface area contributed by atoms with Gasteiger partial charge >= 0.3 is 0 Å². The van der Waals surface area contributed by atoms with Crippen molar-refractivity contribution >= 4 is 6.21 Å². The predicted octanol–water partition coefficient (Wildman–Crippen LogP) is 1.06. The Labute approximate surface area is 38.1 Å². The summed E-state index contributed by atoms with van der Waals surface area (Å²) in [7, 11) is 0. The van der Waals surface area contributed by atoms with Crippen LogP contribution in [0, 0.1) is 6.42 Å². The Morgan fingerprint density at radius 2 is 2.50 bits per heavy atom. The molecule has 33 valence electrons. The van der Waals surface area contributed by atoms with E-state index in [0.29, 0.717) is 0 Å². The molecule has 1 heterocycles. The quantitative estimate of drug-likeness (QED) is 0.414. The highest BCUT2D eigenvalue weighted by Crippen LogP contribution is 1.96. The van der Waals surface area contributed by atoms with Gasteiger partial charge < -0.3 is 0 Å². The first-order valence-electron chi connectivity index (χ1n) is 2.30. The second-order valence-corrected chi connectivity index (χ2v) is 1.40. The molecule has 1 nitrogen and oxygen atoms in total. The van der Waals surface area contributed by atoms with E-state index in [0.717, 1.165) is 13.0 Å². The van der Waals surface area contributed by atoms with E-state index < -0.39 is 0 Å². The Hall–Kier alpha value is -0.330. The first-order chi connectivity index (χ1) is 3.00. The highest BCUT2D eigenvalue weighted by Gasteiger charge is 1.88. The van der Waals surface area contributed by atoms with Crippen LogP contribution in [0.15, 0.2) is 4.99 Å². The molecule has 0 aromatic heterocycles. The molecular formula is C5H8N. The van der Waals surface area contributed by atoms with Crippen LogP contribution in [0.5, 0.6) is 0 Å². The highest BCUT2D eigenvalue weighted by atomic mass is 14.7. The van der Waals surface area contributed by atoms with Crippen molar-refractivity contribution in [2.75, 3.05) is 6.54 Å². The Kier molecular flexibility index (Phi) is 1.25. The molecule has 0 spiro atoms. The summed E-state index contributed by atoms with van der Waals surface area (Å²) in [6.45, 7) is 1.01. The average Bonchev–Trinajstić information content (AvgIpc) is 1.72. The van der Waals surface area contributed by atoms with Gasteiger partial charge in [-0.2, -0.15) is 0 Å². The molecule has 0 atom stereocenters. The summed E-state index contributed by atoms with van der Waals surface area (Å²) < 4.78 is 0. The maximum atomic E-state index is 4.02. The highest BCUT2D eigenvalue weighted by molar-refractivity contribution is 5.59. The fraction of sp³-hybridized carbons (Fsp3) is 0.600. The van der Waals surface area contributed by atoms with Gasteiger partial charge in [-0.3, -0.25) is 4.99 Å². The maximum absolute atomic E-state index is 4.02. The SMILES string of the molecule is [CH]1CC=NCC1. The van der Waals surface area contributed by atoms with Gasteiger partial charge in [0, 0.05) is 6.54 Å². The fourth-order valence-corrected chi connectivity index (χ4v) is 0.524. The topological polar surface area (TPSA) is 12.4 Å². The van der Waals surface area contributed by atoms with E-state index in [9.17, 15) is 0 Å². The van der Waals surface area contributed by atoms with Crippen LogP contribution in [0.2, 0.25) is 0 Å². The molecule has 6 heavy (non-hydrogen) atoms. The molecule has 0 saturated carbocycles. The van der Waals surface area contributed by atoms with Gasteiger partial charge in [0.1, 0.15) is 0 Å². The Morgan fingerprint density at radius 1 is 1.50 bits per heavy atom. The van der Waals surface area contributed by atoms with Gasteiger partial charge in [0.05, 0.1) is 0 Å². The van der Waals surface area contributed by atoms with Crippen LogP contribution in [0.25, 0.3) is 0 Å². The number of hydrogen-bond donors (Lipinski definition) is 0. The van der Waals surface area contributed by atoms with Crippen LogP contribution in [0.4, 0.5) is 0 Å². The summed E-state index contributed by atoms with van der Waals surface area (Å²) in [6.07, 6.45) is 6.47. The monoisotopic (exact) mass is 82.1 g/mol. The lowest BCUT2D eigenvalue weighted by molar-refractivity contribution is 0.896. The van der Waals surface area contributed by atoms with Gasteiger partial charge in [-0.25, -0.2) is 0 Å². The standard InChI is InChI=1S/C5H8N/c1-2-4-6-5-3-1/h1,4H,2-3,5H2. The van der Waals surface area contributed by atoms with Gasteiger partial charge in [0.15, 0.2) is 0 Å². The third-order valence-corrected chi connectivity index (χ3v) is 0.863. The average molecular weight is 82.1 g/mol. The van der Waals surface area contributed by atoms with Crippen molar-refractivity contribution in [3.8, 4) is 0 Å². The molecule has 0 fully saturated rings. The molecule has 0 saturated heterocycles. The van der Waals surface area contributed by atoms with Crippen LogP contribution in [-0.2, 0) is 0 Å². The van der Waals surface area contributed by atoms with Crippen LogP contribution in [-0.4, -0.2) is 12.8 Å². The van der Waals surface area contributed by atoms with E-state index in [1.54, 1.807) is 0 Å². The van der Waals surface area contributed by atoms with E-state index in [1.165, 1.54) is 6.42 Å². The minimum atomic E-state index is 1.01. The zero-order valence-electron chi connectivity index (χ0n) is 3.72. The lowest BCUT2D eigenvalue weighted by Gasteiger charge is -1.97. The van der Waals surface area contributed by atoms with Crippen molar-refractivity contribution in [1.82, 2.24) is 0 Å². The van der Waals surface area contributed by atoms with Crippen molar-refractivity contribution in [2.45, 2.75) is 12.8 Å². The first-order valence-corrected chi connectivity index (χ1v) is 2.30. The molecule has 0 aliphatic carbocycles. The van der Waals surface area contributed by atoms with Crippen LogP contribution >= 0.6 is 0 Å². The molecule has 1 aliphatic rings. The van der Waals surface area contributed by atoms with E-state index in [1.807, 2.05) is 6.21 Å². The smallest absolute Gasteiger partial charge is 0.0388 e. The molecule has 0 aromatic rings. The zero-order valence-corrected chi connectivity index (χ0v) is 3.72. The normalized spacial score (nSPS) is 21.3. The number of hydrogen-bond acceptors (Lipinski definition) is 1. The van der Waals surface area contributed by atoms with Gasteiger partial charge in [-0.1, -0.05) is 0 Å². The van der Waals surface area contributed by atoms with Crippen LogP contribution in [0.3, 0.4) is 0 Å². The van der Waals surface area contributed by atoms with Crippen molar-refractivity contribution < 1.29 is 0 Å². The summed E-state index contributed by atoms with van der Waals surface area (Å²) in [4.78, 5) is 4.02. The van der Waals surface area contributed by atoms with Gasteiger partial charge in [0.2, 0.25) is 0 Å². The maximum Gasteiger partial charge on any atom is 0.0388 e. The molecule has 1 radical (unpaired) electrons. The lowest BCUT2D eigenvalue weighted by Crippen LogP contribution is -1.90. The van der Waals surface area contributed by atoms with E-state index in [4.69, 9.17) is 0 Å². The fourth-order valence-electron chi connectivity index (χ4n) is 0.524. The summed E-state index contributed by atoms with van der Waals surface area (Å²) in [5.74, 6) is 0. The van der Waals surface area contributed by atoms with Crippen LogP contribution < -0.4 is 0 Å². The molecule has 0 N–H and O–H groups in total. The summed E-state index contributed by atoms with van der Waals surface area (Å²) in [6, 6.07) is 0. The summed E-state index contributed by atoms with van der Waals surface area (Å²) in [5.41, 5.74) is 0. The van der Waals surface area contributed by atoms with Gasteiger partial charge in [0.25, 0.3) is 0 Å². The third-order valence-electron chi connectivity index (χ3n) is 0.863. The minimum absolute atomic E-state index is 1.01. The van der Waals surface area contributed by atoms with Crippen LogP contribution in [0.1, 0.15) is 12.8 Å². The Balaban J connectivity index is 2.26. The third kappa shape index (κ3) is 0.814. The summed E-state index contributed by atoms with van der Waals surface area (Å²) in [5, 5.41) is 0. The number of rotatable bonds is 0. The van der Waals surface area contributed by atoms with Crippen molar-refractivity contribution in [2.24, 2.45) is 4.99 Å². The molecule has 1 rings (SSSR count). The zero-order chi connectivity index (χ0) is 4.24. The molecule has 0 amide bonds. The Bertz CT molecular complexity index is 49.0. The largest absolute Gasteiger partial charge is 0.298 e. The Morgan fingerprint density at radius 3 is 2.67 bits per heavy atom. The van der Waals surface area contributed by atoms with Gasteiger partial charge in [-0.15, -0.1) is 0 Å². The minimum Gasteiger partial charge on any atom is -0.298 e. The van der Waals surface area contributed by atoms with E-state index in [2.05, 4.69) is 11.4 Å². The molecular weight excluding hydrogens is 74.1 g/mol. The number of aliphatic imine (C=N–C) groups is 1. The van der Waals surface area contributed by atoms with E-state index in [-0.39, 0.29) is 0 Å². The molecule has 0 unspecified atom stereocenters. The second kappa shape index (κ2) is 1.96.